The summed E-state index contributed by atoms with van der Waals surface area (Å²) in [4.78, 5) is 24.7. The van der Waals surface area contributed by atoms with E-state index < -0.39 is 0 Å². The van der Waals surface area contributed by atoms with Gasteiger partial charge >= 0.3 is 0 Å². The molecule has 1 aliphatic heterocycles. The van der Waals surface area contributed by atoms with Crippen LogP contribution in [0.4, 0.5) is 0 Å². The molecule has 0 aromatic rings. The largest absolute Gasteiger partial charge is 0.384 e. The van der Waals surface area contributed by atoms with E-state index in [1.807, 2.05) is 6.92 Å². The van der Waals surface area contributed by atoms with Crippen LogP contribution in [-0.2, 0) is 14.3 Å². The molecule has 16 heavy (non-hydrogen) atoms. The summed E-state index contributed by atoms with van der Waals surface area (Å²) in [5, 5.41) is 2.75. The van der Waals surface area contributed by atoms with Crippen LogP contribution in [0.25, 0.3) is 0 Å². The molecular weight excluding hydrogens is 208 g/mol. The minimum atomic E-state index is 0.0280. The second kappa shape index (κ2) is 6.48. The van der Waals surface area contributed by atoms with Crippen molar-refractivity contribution in [2.24, 2.45) is 5.92 Å². The summed E-state index contributed by atoms with van der Waals surface area (Å²) in [6.45, 7) is 4.29. The van der Waals surface area contributed by atoms with E-state index in [9.17, 15) is 9.59 Å². The van der Waals surface area contributed by atoms with E-state index in [4.69, 9.17) is 4.74 Å². The van der Waals surface area contributed by atoms with Crippen LogP contribution in [0.1, 0.15) is 19.8 Å². The van der Waals surface area contributed by atoms with E-state index in [0.717, 1.165) is 0 Å². The number of ether oxygens (including phenoxy) is 1. The molecular formula is C11H20N2O3. The predicted molar refractivity (Wildman–Crippen MR) is 59.9 cm³/mol. The second-order valence-corrected chi connectivity index (χ2v) is 4.25. The summed E-state index contributed by atoms with van der Waals surface area (Å²) in [5.74, 6) is 0.366. The third-order valence-corrected chi connectivity index (χ3v) is 2.64. The lowest BCUT2D eigenvalue weighted by Gasteiger charge is -2.21. The lowest BCUT2D eigenvalue weighted by Crippen LogP contribution is -2.35. The zero-order valence-corrected chi connectivity index (χ0v) is 9.99. The Labute approximate surface area is 96.1 Å². The number of hydrogen-bond acceptors (Lipinski definition) is 3. The quantitative estimate of drug-likeness (QED) is 0.737. The van der Waals surface area contributed by atoms with Crippen molar-refractivity contribution in [3.05, 3.63) is 0 Å². The molecule has 1 rings (SSSR count). The second-order valence-electron chi connectivity index (χ2n) is 4.25. The lowest BCUT2D eigenvalue weighted by atomic mass is 10.1. The Morgan fingerprint density at radius 1 is 1.56 bits per heavy atom. The van der Waals surface area contributed by atoms with E-state index in [0.29, 0.717) is 39.1 Å². The van der Waals surface area contributed by atoms with Gasteiger partial charge in [0.15, 0.2) is 0 Å². The molecule has 5 nitrogen and oxygen atoms in total. The standard InChI is InChI=1S/C11H20N2O3/c1-9(8-16-2)7-11(15)13-5-3-10(14)12-4-6-13/h9H,3-8H2,1-2H3,(H,12,14). The van der Waals surface area contributed by atoms with Crippen LogP contribution >= 0.6 is 0 Å². The van der Waals surface area contributed by atoms with Gasteiger partial charge in [-0.15, -0.1) is 0 Å². The van der Waals surface area contributed by atoms with E-state index >= 15 is 0 Å². The Morgan fingerprint density at radius 2 is 2.31 bits per heavy atom. The van der Waals surface area contributed by atoms with Gasteiger partial charge in [-0.2, -0.15) is 0 Å². The minimum absolute atomic E-state index is 0.0280. The molecule has 92 valence electrons. The lowest BCUT2D eigenvalue weighted by molar-refractivity contribution is -0.132. The summed E-state index contributed by atoms with van der Waals surface area (Å²) in [7, 11) is 1.63. The number of carbonyl (C=O) groups excluding carboxylic acids is 2. The summed E-state index contributed by atoms with van der Waals surface area (Å²) in [6, 6.07) is 0. The Kier molecular flexibility index (Phi) is 5.25. The molecule has 0 aromatic carbocycles. The Hall–Kier alpha value is -1.10. The van der Waals surface area contributed by atoms with Crippen LogP contribution < -0.4 is 5.32 Å². The van der Waals surface area contributed by atoms with Crippen LogP contribution in [0.2, 0.25) is 0 Å². The number of carbonyl (C=O) groups is 2. The van der Waals surface area contributed by atoms with Crippen molar-refractivity contribution in [3.63, 3.8) is 0 Å². The Morgan fingerprint density at radius 3 is 3.00 bits per heavy atom. The van der Waals surface area contributed by atoms with E-state index in [1.165, 1.54) is 0 Å². The molecule has 0 spiro atoms. The summed E-state index contributed by atoms with van der Waals surface area (Å²) >= 11 is 0. The summed E-state index contributed by atoms with van der Waals surface area (Å²) in [6.07, 6.45) is 0.895. The van der Waals surface area contributed by atoms with Crippen molar-refractivity contribution in [1.82, 2.24) is 10.2 Å². The molecule has 0 aromatic heterocycles. The molecule has 0 radical (unpaired) electrons. The van der Waals surface area contributed by atoms with Crippen LogP contribution in [0, 0.1) is 5.92 Å². The molecule has 2 amide bonds. The minimum Gasteiger partial charge on any atom is -0.384 e. The first-order valence-corrected chi connectivity index (χ1v) is 5.67. The van der Waals surface area contributed by atoms with Gasteiger partial charge in [-0.1, -0.05) is 6.92 Å². The van der Waals surface area contributed by atoms with Crippen LogP contribution in [0.15, 0.2) is 0 Å². The van der Waals surface area contributed by atoms with E-state index in [-0.39, 0.29) is 17.7 Å². The summed E-state index contributed by atoms with van der Waals surface area (Å²) in [5.41, 5.74) is 0. The van der Waals surface area contributed by atoms with Gasteiger partial charge < -0.3 is 15.0 Å². The number of rotatable bonds is 4. The van der Waals surface area contributed by atoms with Gasteiger partial charge in [0.25, 0.3) is 0 Å². The molecule has 0 aliphatic carbocycles. The smallest absolute Gasteiger partial charge is 0.222 e. The fourth-order valence-corrected chi connectivity index (χ4v) is 1.79. The van der Waals surface area contributed by atoms with Crippen molar-refractivity contribution in [2.75, 3.05) is 33.4 Å². The van der Waals surface area contributed by atoms with Gasteiger partial charge in [-0.25, -0.2) is 0 Å². The highest BCUT2D eigenvalue weighted by atomic mass is 16.5. The molecule has 1 unspecified atom stereocenters. The molecule has 1 heterocycles. The number of methoxy groups -OCH3 is 1. The molecule has 1 saturated heterocycles. The first kappa shape index (κ1) is 13.0. The van der Waals surface area contributed by atoms with Crippen LogP contribution in [0.3, 0.4) is 0 Å². The Balaban J connectivity index is 2.37. The van der Waals surface area contributed by atoms with Crippen molar-refractivity contribution in [1.29, 1.82) is 0 Å². The van der Waals surface area contributed by atoms with E-state index in [1.54, 1.807) is 12.0 Å². The molecule has 1 atom stereocenters. The highest BCUT2D eigenvalue weighted by Crippen LogP contribution is 2.07. The maximum absolute atomic E-state index is 11.9. The first-order chi connectivity index (χ1) is 7.63. The summed E-state index contributed by atoms with van der Waals surface area (Å²) < 4.78 is 5.00. The van der Waals surface area contributed by atoms with Crippen LogP contribution in [-0.4, -0.2) is 50.1 Å². The monoisotopic (exact) mass is 228 g/mol. The third-order valence-electron chi connectivity index (χ3n) is 2.64. The zero-order chi connectivity index (χ0) is 12.0. The van der Waals surface area contributed by atoms with Gasteiger partial charge in [0, 0.05) is 46.2 Å². The molecule has 1 aliphatic rings. The number of amides is 2. The highest BCUT2D eigenvalue weighted by Gasteiger charge is 2.19. The molecule has 0 saturated carbocycles. The van der Waals surface area contributed by atoms with E-state index in [2.05, 4.69) is 5.32 Å². The van der Waals surface area contributed by atoms with Crippen molar-refractivity contribution >= 4 is 11.8 Å². The van der Waals surface area contributed by atoms with Crippen molar-refractivity contribution in [3.8, 4) is 0 Å². The first-order valence-electron chi connectivity index (χ1n) is 5.67. The molecule has 1 fully saturated rings. The Bertz CT molecular complexity index is 256. The average Bonchev–Trinajstić information content (AvgIpc) is 2.43. The number of nitrogens with zero attached hydrogens (tertiary/aromatic N) is 1. The van der Waals surface area contributed by atoms with Crippen LogP contribution in [0.5, 0.6) is 0 Å². The fraction of sp³-hybridized carbons (Fsp3) is 0.818. The number of hydrogen-bond donors (Lipinski definition) is 1. The third kappa shape index (κ3) is 4.18. The predicted octanol–water partition coefficient (Wildman–Crippen LogP) is 0.00750. The highest BCUT2D eigenvalue weighted by molar-refractivity contribution is 5.80. The maximum atomic E-state index is 11.9. The van der Waals surface area contributed by atoms with Gasteiger partial charge in [0.2, 0.25) is 11.8 Å². The zero-order valence-electron chi connectivity index (χ0n) is 9.99. The van der Waals surface area contributed by atoms with Gasteiger partial charge in [0.05, 0.1) is 0 Å². The van der Waals surface area contributed by atoms with Gasteiger partial charge in [0.1, 0.15) is 0 Å². The SMILES string of the molecule is COCC(C)CC(=O)N1CCNC(=O)CC1. The normalized spacial score (nSPS) is 18.9. The maximum Gasteiger partial charge on any atom is 0.222 e. The number of nitrogens with one attached hydrogen (secondary N) is 1. The van der Waals surface area contributed by atoms with Gasteiger partial charge in [-0.3, -0.25) is 9.59 Å². The molecule has 0 bridgehead atoms. The van der Waals surface area contributed by atoms with Crippen molar-refractivity contribution < 1.29 is 14.3 Å². The van der Waals surface area contributed by atoms with Gasteiger partial charge in [-0.05, 0) is 5.92 Å². The van der Waals surface area contributed by atoms with Crippen molar-refractivity contribution in [2.45, 2.75) is 19.8 Å². The molecule has 5 heteroatoms. The topological polar surface area (TPSA) is 58.6 Å². The molecule has 1 N–H and O–H groups in total. The fourth-order valence-electron chi connectivity index (χ4n) is 1.79. The average molecular weight is 228 g/mol.